The van der Waals surface area contributed by atoms with Crippen LogP contribution in [0.1, 0.15) is 22.6 Å². The van der Waals surface area contributed by atoms with Gasteiger partial charge in [0.25, 0.3) is 0 Å². The molecule has 1 unspecified atom stereocenters. The summed E-state index contributed by atoms with van der Waals surface area (Å²) in [6.45, 7) is 2.59. The van der Waals surface area contributed by atoms with Gasteiger partial charge in [0.05, 0.1) is 17.6 Å². The average molecular weight is 305 g/mol. The number of aryl methyl sites for hydroxylation is 1. The minimum absolute atomic E-state index is 0.0280. The maximum atomic E-state index is 12.6. The fraction of sp³-hybridized carbons (Fsp3) is 0.667. The van der Waals surface area contributed by atoms with Crippen molar-refractivity contribution in [1.29, 1.82) is 0 Å². The third kappa shape index (κ3) is 3.00. The SMILES string of the molecule is COC1CCCN(S(=O)(=O)c2cc(CO)sc2C)C1. The van der Waals surface area contributed by atoms with Gasteiger partial charge in [0.15, 0.2) is 0 Å². The predicted octanol–water partition coefficient (Wildman–Crippen LogP) is 1.35. The van der Waals surface area contributed by atoms with E-state index < -0.39 is 10.0 Å². The molecular weight excluding hydrogens is 286 g/mol. The highest BCUT2D eigenvalue weighted by Gasteiger charge is 2.32. The van der Waals surface area contributed by atoms with Gasteiger partial charge in [0, 0.05) is 30.0 Å². The maximum Gasteiger partial charge on any atom is 0.244 e. The van der Waals surface area contributed by atoms with Crippen molar-refractivity contribution in [2.24, 2.45) is 0 Å². The maximum absolute atomic E-state index is 12.6. The second-order valence-electron chi connectivity index (χ2n) is 4.65. The van der Waals surface area contributed by atoms with Crippen molar-refractivity contribution in [2.45, 2.75) is 37.4 Å². The quantitative estimate of drug-likeness (QED) is 0.912. The summed E-state index contributed by atoms with van der Waals surface area (Å²) in [7, 11) is -1.86. The van der Waals surface area contributed by atoms with Crippen molar-refractivity contribution in [3.63, 3.8) is 0 Å². The van der Waals surface area contributed by atoms with Crippen LogP contribution in [0.4, 0.5) is 0 Å². The fourth-order valence-electron chi connectivity index (χ4n) is 2.31. The molecule has 0 bridgehead atoms. The van der Waals surface area contributed by atoms with Gasteiger partial charge in [-0.25, -0.2) is 8.42 Å². The number of rotatable bonds is 4. The van der Waals surface area contributed by atoms with Gasteiger partial charge in [-0.2, -0.15) is 4.31 Å². The van der Waals surface area contributed by atoms with Gasteiger partial charge >= 0.3 is 0 Å². The lowest BCUT2D eigenvalue weighted by Gasteiger charge is -2.31. The lowest BCUT2D eigenvalue weighted by Crippen LogP contribution is -2.42. The normalized spacial score (nSPS) is 21.7. The standard InChI is InChI=1S/C12H19NO4S2/c1-9-12(6-11(8-14)18-9)19(15,16)13-5-3-4-10(7-13)17-2/h6,10,14H,3-5,7-8H2,1-2H3. The van der Waals surface area contributed by atoms with Gasteiger partial charge in [-0.15, -0.1) is 11.3 Å². The van der Waals surface area contributed by atoms with Crippen LogP contribution in [0, 0.1) is 6.92 Å². The monoisotopic (exact) mass is 305 g/mol. The highest BCUT2D eigenvalue weighted by molar-refractivity contribution is 7.89. The number of piperidine rings is 1. The van der Waals surface area contributed by atoms with E-state index in [0.29, 0.717) is 22.9 Å². The van der Waals surface area contributed by atoms with E-state index in [4.69, 9.17) is 9.84 Å². The molecule has 1 N–H and O–H groups in total. The van der Waals surface area contributed by atoms with E-state index in [1.807, 2.05) is 0 Å². The van der Waals surface area contributed by atoms with Crippen molar-refractivity contribution in [2.75, 3.05) is 20.2 Å². The van der Waals surface area contributed by atoms with E-state index in [0.717, 1.165) is 17.7 Å². The summed E-state index contributed by atoms with van der Waals surface area (Å²) >= 11 is 1.32. The number of nitrogens with zero attached hydrogens (tertiary/aromatic N) is 1. The van der Waals surface area contributed by atoms with Crippen LogP contribution in [0.25, 0.3) is 0 Å². The first-order chi connectivity index (χ1) is 8.98. The molecule has 108 valence electrons. The van der Waals surface area contributed by atoms with Crippen LogP contribution >= 0.6 is 11.3 Å². The first-order valence-electron chi connectivity index (χ1n) is 6.22. The molecule has 1 aliphatic rings. The molecule has 0 amide bonds. The second kappa shape index (κ2) is 5.88. The van der Waals surface area contributed by atoms with Gasteiger partial charge in [-0.3, -0.25) is 0 Å². The Morgan fingerprint density at radius 2 is 2.32 bits per heavy atom. The van der Waals surface area contributed by atoms with Gasteiger partial charge < -0.3 is 9.84 Å². The van der Waals surface area contributed by atoms with Gasteiger partial charge in [0.1, 0.15) is 0 Å². The zero-order valence-electron chi connectivity index (χ0n) is 11.1. The number of sulfonamides is 1. The first kappa shape index (κ1) is 14.9. The Balaban J connectivity index is 2.28. The Labute approximate surface area is 117 Å². The largest absolute Gasteiger partial charge is 0.391 e. The van der Waals surface area contributed by atoms with Crippen LogP contribution in [0.5, 0.6) is 0 Å². The molecule has 0 radical (unpaired) electrons. The molecule has 2 heterocycles. The van der Waals surface area contributed by atoms with Crippen LogP contribution in [0.2, 0.25) is 0 Å². The molecular formula is C12H19NO4S2. The number of aliphatic hydroxyl groups excluding tert-OH is 1. The third-order valence-corrected chi connectivity index (χ3v) is 6.53. The van der Waals surface area contributed by atoms with E-state index in [-0.39, 0.29) is 12.7 Å². The molecule has 5 nitrogen and oxygen atoms in total. The molecule has 0 saturated carbocycles. The lowest BCUT2D eigenvalue weighted by atomic mass is 10.1. The number of hydrogen-bond acceptors (Lipinski definition) is 5. The minimum atomic E-state index is -3.47. The summed E-state index contributed by atoms with van der Waals surface area (Å²) in [4.78, 5) is 1.72. The molecule has 1 atom stereocenters. The molecule has 2 rings (SSSR count). The second-order valence-corrected chi connectivity index (χ2v) is 7.90. The number of methoxy groups -OCH3 is 1. The Kier molecular flexibility index (Phi) is 4.62. The summed E-state index contributed by atoms with van der Waals surface area (Å²) in [5, 5.41) is 9.11. The van der Waals surface area contributed by atoms with Crippen molar-refractivity contribution in [3.05, 3.63) is 15.8 Å². The molecule has 1 aromatic rings. The first-order valence-corrected chi connectivity index (χ1v) is 8.47. The van der Waals surface area contributed by atoms with Crippen molar-refractivity contribution < 1.29 is 18.3 Å². The molecule has 19 heavy (non-hydrogen) atoms. The highest BCUT2D eigenvalue weighted by atomic mass is 32.2. The summed E-state index contributed by atoms with van der Waals surface area (Å²) < 4.78 is 31.9. The van der Waals surface area contributed by atoms with Crippen molar-refractivity contribution >= 4 is 21.4 Å². The summed E-state index contributed by atoms with van der Waals surface area (Å²) in [5.41, 5.74) is 0. The summed E-state index contributed by atoms with van der Waals surface area (Å²) in [6, 6.07) is 1.58. The highest BCUT2D eigenvalue weighted by Crippen LogP contribution is 2.30. The third-order valence-electron chi connectivity index (χ3n) is 3.37. The lowest BCUT2D eigenvalue weighted by molar-refractivity contribution is 0.0572. The van der Waals surface area contributed by atoms with E-state index in [9.17, 15) is 8.42 Å². The van der Waals surface area contributed by atoms with Crippen molar-refractivity contribution in [1.82, 2.24) is 4.31 Å². The summed E-state index contributed by atoms with van der Waals surface area (Å²) in [6.07, 6.45) is 1.68. The minimum Gasteiger partial charge on any atom is -0.391 e. The number of ether oxygens (including phenoxy) is 1. The number of aliphatic hydroxyl groups is 1. The van der Waals surface area contributed by atoms with Crippen molar-refractivity contribution in [3.8, 4) is 0 Å². The molecule has 0 spiro atoms. The van der Waals surface area contributed by atoms with Crippen LogP contribution in [0.3, 0.4) is 0 Å². The van der Waals surface area contributed by atoms with Gasteiger partial charge in [0.2, 0.25) is 10.0 Å². The fourth-order valence-corrected chi connectivity index (χ4v) is 5.29. The van der Waals surface area contributed by atoms with Crippen LogP contribution in [0.15, 0.2) is 11.0 Å². The van der Waals surface area contributed by atoms with E-state index >= 15 is 0 Å². The van der Waals surface area contributed by atoms with E-state index in [1.165, 1.54) is 15.6 Å². The predicted molar refractivity (Wildman–Crippen MR) is 73.8 cm³/mol. The number of thiophene rings is 1. The van der Waals surface area contributed by atoms with Crippen LogP contribution in [-0.2, 0) is 21.4 Å². The van der Waals surface area contributed by atoms with Crippen LogP contribution < -0.4 is 0 Å². The molecule has 1 saturated heterocycles. The molecule has 1 fully saturated rings. The number of hydrogen-bond donors (Lipinski definition) is 1. The molecule has 1 aliphatic heterocycles. The zero-order valence-corrected chi connectivity index (χ0v) is 12.8. The zero-order chi connectivity index (χ0) is 14.0. The van der Waals surface area contributed by atoms with Gasteiger partial charge in [-0.05, 0) is 25.8 Å². The Morgan fingerprint density at radius 3 is 2.89 bits per heavy atom. The summed E-state index contributed by atoms with van der Waals surface area (Å²) in [5.74, 6) is 0. The molecule has 0 aromatic carbocycles. The molecule has 7 heteroatoms. The van der Waals surface area contributed by atoms with Gasteiger partial charge in [-0.1, -0.05) is 0 Å². The van der Waals surface area contributed by atoms with E-state index in [1.54, 1.807) is 20.1 Å². The molecule has 1 aromatic heterocycles. The Bertz CT molecular complexity index is 538. The topological polar surface area (TPSA) is 66.8 Å². The van der Waals surface area contributed by atoms with E-state index in [2.05, 4.69) is 0 Å². The Hall–Kier alpha value is -0.470. The Morgan fingerprint density at radius 1 is 1.58 bits per heavy atom. The van der Waals surface area contributed by atoms with Crippen LogP contribution in [-0.4, -0.2) is 44.1 Å². The smallest absolute Gasteiger partial charge is 0.244 e. The molecule has 0 aliphatic carbocycles. The average Bonchev–Trinajstić information content (AvgIpc) is 2.81.